The normalized spacial score (nSPS) is 12.6. The average molecular weight is 233 g/mol. The average Bonchev–Trinajstić information content (AvgIpc) is 2.81. The van der Waals surface area contributed by atoms with E-state index in [1.165, 1.54) is 5.56 Å². The zero-order valence-electron chi connectivity index (χ0n) is 9.26. The number of rotatable bonds is 4. The van der Waals surface area contributed by atoms with Crippen LogP contribution < -0.4 is 5.73 Å². The summed E-state index contributed by atoms with van der Waals surface area (Å²) in [7, 11) is 0. The van der Waals surface area contributed by atoms with E-state index < -0.39 is 0 Å². The van der Waals surface area contributed by atoms with Crippen LogP contribution in [0, 0.1) is 0 Å². The number of pyridine rings is 1. The van der Waals surface area contributed by atoms with Gasteiger partial charge in [-0.1, -0.05) is 13.0 Å². The first kappa shape index (κ1) is 11.2. The maximum absolute atomic E-state index is 6.17. The molecule has 2 aromatic rings. The van der Waals surface area contributed by atoms with Crippen molar-refractivity contribution in [1.82, 2.24) is 9.97 Å². The fraction of sp³-hybridized carbons (Fsp3) is 0.333. The molecule has 3 nitrogen and oxygen atoms in total. The summed E-state index contributed by atoms with van der Waals surface area (Å²) in [5, 5.41) is 3.04. The zero-order chi connectivity index (χ0) is 11.4. The van der Waals surface area contributed by atoms with Gasteiger partial charge in [0.15, 0.2) is 0 Å². The van der Waals surface area contributed by atoms with E-state index in [0.29, 0.717) is 0 Å². The summed E-state index contributed by atoms with van der Waals surface area (Å²) < 4.78 is 0. The number of aryl methyl sites for hydroxylation is 1. The van der Waals surface area contributed by atoms with Crippen LogP contribution >= 0.6 is 11.3 Å². The van der Waals surface area contributed by atoms with E-state index in [4.69, 9.17) is 5.73 Å². The third-order valence-electron chi connectivity index (χ3n) is 2.54. The van der Waals surface area contributed by atoms with Gasteiger partial charge >= 0.3 is 0 Å². The molecule has 2 heterocycles. The van der Waals surface area contributed by atoms with E-state index in [-0.39, 0.29) is 6.04 Å². The Kier molecular flexibility index (Phi) is 3.64. The monoisotopic (exact) mass is 233 g/mol. The minimum Gasteiger partial charge on any atom is -0.322 e. The molecule has 1 atom stereocenters. The molecule has 0 aliphatic carbocycles. The molecule has 16 heavy (non-hydrogen) atoms. The maximum Gasteiger partial charge on any atom is 0.0944 e. The second-order valence-corrected chi connectivity index (χ2v) is 4.62. The highest BCUT2D eigenvalue weighted by Crippen LogP contribution is 2.19. The summed E-state index contributed by atoms with van der Waals surface area (Å²) in [4.78, 5) is 8.63. The smallest absolute Gasteiger partial charge is 0.0944 e. The van der Waals surface area contributed by atoms with Crippen molar-refractivity contribution in [2.24, 2.45) is 5.73 Å². The summed E-state index contributed by atoms with van der Waals surface area (Å²) in [5.41, 5.74) is 8.40. The van der Waals surface area contributed by atoms with Crippen LogP contribution in [-0.4, -0.2) is 9.97 Å². The van der Waals surface area contributed by atoms with E-state index in [0.717, 1.165) is 23.5 Å². The number of nitrogens with two attached hydrogens (primary N) is 1. The Morgan fingerprint density at radius 2 is 2.25 bits per heavy atom. The van der Waals surface area contributed by atoms with E-state index in [1.54, 1.807) is 17.5 Å². The Bertz CT molecular complexity index is 439. The molecule has 0 fully saturated rings. The summed E-state index contributed by atoms with van der Waals surface area (Å²) in [6.45, 7) is 2.12. The van der Waals surface area contributed by atoms with Gasteiger partial charge in [-0.3, -0.25) is 4.98 Å². The van der Waals surface area contributed by atoms with Gasteiger partial charge in [-0.2, -0.15) is 0 Å². The summed E-state index contributed by atoms with van der Waals surface area (Å²) >= 11 is 1.64. The fourth-order valence-corrected chi connectivity index (χ4v) is 2.40. The van der Waals surface area contributed by atoms with Crippen LogP contribution in [0.15, 0.2) is 29.9 Å². The zero-order valence-corrected chi connectivity index (χ0v) is 10.1. The van der Waals surface area contributed by atoms with Crippen molar-refractivity contribution in [2.45, 2.75) is 25.8 Å². The Morgan fingerprint density at radius 1 is 1.38 bits per heavy atom. The lowest BCUT2D eigenvalue weighted by atomic mass is 10.0. The molecular formula is C12H15N3S. The second-order valence-electron chi connectivity index (χ2n) is 3.64. The largest absolute Gasteiger partial charge is 0.322 e. The van der Waals surface area contributed by atoms with Crippen LogP contribution in [0.5, 0.6) is 0 Å². The molecule has 84 valence electrons. The molecule has 0 aromatic carbocycles. The van der Waals surface area contributed by atoms with E-state index >= 15 is 0 Å². The summed E-state index contributed by atoms with van der Waals surface area (Å²) in [6, 6.07) is 3.99. The van der Waals surface area contributed by atoms with E-state index in [1.807, 2.05) is 17.6 Å². The Balaban J connectivity index is 2.17. The van der Waals surface area contributed by atoms with Crippen molar-refractivity contribution in [3.8, 4) is 0 Å². The molecule has 0 saturated heterocycles. The molecule has 0 saturated carbocycles. The standard InChI is InChI=1S/C12H15N3S/c1-2-9-4-3-5-15-12(9)10(13)8-11-14-6-7-16-11/h3-7,10H,2,8,13H2,1H3. The Labute approximate surface area is 99.4 Å². The number of hydrogen-bond acceptors (Lipinski definition) is 4. The lowest BCUT2D eigenvalue weighted by Gasteiger charge is -2.12. The van der Waals surface area contributed by atoms with Gasteiger partial charge < -0.3 is 5.73 Å². The highest BCUT2D eigenvalue weighted by molar-refractivity contribution is 7.09. The molecular weight excluding hydrogens is 218 g/mol. The molecule has 0 amide bonds. The SMILES string of the molecule is CCc1cccnc1C(N)Cc1nccs1. The molecule has 0 aliphatic heterocycles. The maximum atomic E-state index is 6.17. The molecule has 4 heteroatoms. The molecule has 0 aliphatic rings. The lowest BCUT2D eigenvalue weighted by molar-refractivity contribution is 0.682. The van der Waals surface area contributed by atoms with Crippen molar-refractivity contribution >= 4 is 11.3 Å². The molecule has 2 N–H and O–H groups in total. The molecule has 0 bridgehead atoms. The van der Waals surface area contributed by atoms with E-state index in [9.17, 15) is 0 Å². The predicted molar refractivity (Wildman–Crippen MR) is 66.4 cm³/mol. The van der Waals surface area contributed by atoms with Crippen molar-refractivity contribution in [3.63, 3.8) is 0 Å². The van der Waals surface area contributed by atoms with Crippen molar-refractivity contribution < 1.29 is 0 Å². The fourth-order valence-electron chi connectivity index (χ4n) is 1.72. The minimum atomic E-state index is -0.0534. The van der Waals surface area contributed by atoms with Gasteiger partial charge in [0.25, 0.3) is 0 Å². The number of nitrogens with zero attached hydrogens (tertiary/aromatic N) is 2. The van der Waals surface area contributed by atoms with Crippen LogP contribution in [-0.2, 0) is 12.8 Å². The quantitative estimate of drug-likeness (QED) is 0.882. The Morgan fingerprint density at radius 3 is 2.94 bits per heavy atom. The van der Waals surface area contributed by atoms with Crippen LogP contribution in [0.1, 0.15) is 29.2 Å². The molecule has 0 radical (unpaired) electrons. The van der Waals surface area contributed by atoms with Gasteiger partial charge in [-0.05, 0) is 18.1 Å². The van der Waals surface area contributed by atoms with E-state index in [2.05, 4.69) is 23.0 Å². The highest BCUT2D eigenvalue weighted by atomic mass is 32.1. The van der Waals surface area contributed by atoms with Crippen LogP contribution in [0.25, 0.3) is 0 Å². The topological polar surface area (TPSA) is 51.8 Å². The van der Waals surface area contributed by atoms with Gasteiger partial charge in [0, 0.05) is 24.2 Å². The number of hydrogen-bond donors (Lipinski definition) is 1. The van der Waals surface area contributed by atoms with Crippen molar-refractivity contribution in [3.05, 3.63) is 46.2 Å². The number of aromatic nitrogens is 2. The first-order chi connectivity index (χ1) is 7.81. The predicted octanol–water partition coefficient (Wildman–Crippen LogP) is 2.34. The van der Waals surface area contributed by atoms with Gasteiger partial charge in [0.2, 0.25) is 0 Å². The summed E-state index contributed by atoms with van der Waals surface area (Å²) in [6.07, 6.45) is 5.35. The Hall–Kier alpha value is -1.26. The molecule has 1 unspecified atom stereocenters. The van der Waals surface area contributed by atoms with Crippen LogP contribution in [0.2, 0.25) is 0 Å². The third kappa shape index (κ3) is 2.46. The van der Waals surface area contributed by atoms with Crippen molar-refractivity contribution in [2.75, 3.05) is 0 Å². The number of thiazole rings is 1. The van der Waals surface area contributed by atoms with Crippen LogP contribution in [0.4, 0.5) is 0 Å². The molecule has 2 rings (SSSR count). The first-order valence-corrected chi connectivity index (χ1v) is 6.27. The van der Waals surface area contributed by atoms with Gasteiger partial charge in [0.1, 0.15) is 0 Å². The van der Waals surface area contributed by atoms with Gasteiger partial charge in [0.05, 0.1) is 16.7 Å². The van der Waals surface area contributed by atoms with Gasteiger partial charge in [-0.25, -0.2) is 4.98 Å². The molecule has 2 aromatic heterocycles. The van der Waals surface area contributed by atoms with Crippen LogP contribution in [0.3, 0.4) is 0 Å². The van der Waals surface area contributed by atoms with Crippen molar-refractivity contribution in [1.29, 1.82) is 0 Å². The van der Waals surface area contributed by atoms with Gasteiger partial charge in [-0.15, -0.1) is 11.3 Å². The minimum absolute atomic E-state index is 0.0534. The highest BCUT2D eigenvalue weighted by Gasteiger charge is 2.13. The second kappa shape index (κ2) is 5.18. The first-order valence-electron chi connectivity index (χ1n) is 5.39. The summed E-state index contributed by atoms with van der Waals surface area (Å²) in [5.74, 6) is 0. The third-order valence-corrected chi connectivity index (χ3v) is 3.34. The lowest BCUT2D eigenvalue weighted by Crippen LogP contribution is -2.16. The molecule has 0 spiro atoms.